The number of ether oxygens (including phenoxy) is 1. The third-order valence-electron chi connectivity index (χ3n) is 4.92. The van der Waals surface area contributed by atoms with Crippen LogP contribution in [0.5, 0.6) is 0 Å². The lowest BCUT2D eigenvalue weighted by Crippen LogP contribution is -2.44. The fraction of sp³-hybridized carbons (Fsp3) is 0.368. The first-order valence-corrected chi connectivity index (χ1v) is 9.42. The van der Waals surface area contributed by atoms with Gasteiger partial charge in [-0.15, -0.1) is 0 Å². The van der Waals surface area contributed by atoms with E-state index in [2.05, 4.69) is 25.3 Å². The second kappa shape index (κ2) is 8.02. The molecule has 0 aliphatic carbocycles. The van der Waals surface area contributed by atoms with E-state index in [9.17, 15) is 9.90 Å². The van der Waals surface area contributed by atoms with Crippen LogP contribution in [0.4, 0.5) is 11.6 Å². The van der Waals surface area contributed by atoms with Crippen LogP contribution in [0.25, 0.3) is 22.3 Å². The molecule has 152 valence electrons. The summed E-state index contributed by atoms with van der Waals surface area (Å²) in [6.07, 6.45) is 4.45. The molecular weight excluding hydrogens is 374 g/mol. The number of aromatic amines is 1. The van der Waals surface area contributed by atoms with Gasteiger partial charge in [-0.3, -0.25) is 4.79 Å². The second-order valence-electron chi connectivity index (χ2n) is 6.84. The molecule has 29 heavy (non-hydrogen) atoms. The molecule has 0 radical (unpaired) electrons. The Morgan fingerprint density at radius 2 is 2.21 bits per heavy atom. The molecule has 5 N–H and O–H groups in total. The van der Waals surface area contributed by atoms with Crippen molar-refractivity contribution in [3.63, 3.8) is 0 Å². The van der Waals surface area contributed by atoms with Gasteiger partial charge in [0.25, 0.3) is 0 Å². The van der Waals surface area contributed by atoms with Crippen LogP contribution in [0.1, 0.15) is 6.92 Å². The number of nitrogen functional groups attached to an aromatic ring is 1. The Morgan fingerprint density at radius 3 is 3.00 bits per heavy atom. The fourth-order valence-electron chi connectivity index (χ4n) is 3.60. The van der Waals surface area contributed by atoms with Gasteiger partial charge in [-0.05, 0) is 19.1 Å². The highest BCUT2D eigenvalue weighted by Crippen LogP contribution is 2.35. The van der Waals surface area contributed by atoms with E-state index in [0.29, 0.717) is 31.0 Å². The molecule has 0 spiro atoms. The Hall–Kier alpha value is -3.24. The van der Waals surface area contributed by atoms with Gasteiger partial charge in [0.1, 0.15) is 12.3 Å². The highest BCUT2D eigenvalue weighted by atomic mass is 16.5. The first kappa shape index (κ1) is 19.1. The molecule has 4 heterocycles. The lowest BCUT2D eigenvalue weighted by atomic mass is 10.1. The number of aromatic nitrogens is 4. The number of fused-ring (bicyclic) bond motifs is 1. The molecule has 3 aromatic rings. The van der Waals surface area contributed by atoms with Gasteiger partial charge in [0.05, 0.1) is 28.9 Å². The number of carbonyl (C=O) groups is 1. The minimum atomic E-state index is -0.694. The standard InChI is InChI=1S/C19H23N7O3/c1-2-29-10-16(28)24-13-8-26(9-15(13)27)14-4-6-21-18-17(14)11(7-23-18)12-3-5-22-19(20)25-12/h3-7,13,15,27H,2,8-10H2,1H3,(H,21,23)(H,24,28)(H2,20,22,25)/t13-,15-/m1/s1. The zero-order valence-corrected chi connectivity index (χ0v) is 16.0. The summed E-state index contributed by atoms with van der Waals surface area (Å²) in [7, 11) is 0. The molecule has 2 atom stereocenters. The molecule has 0 aromatic carbocycles. The third kappa shape index (κ3) is 3.84. The topological polar surface area (TPSA) is 142 Å². The van der Waals surface area contributed by atoms with E-state index in [1.807, 2.05) is 24.1 Å². The van der Waals surface area contributed by atoms with Crippen molar-refractivity contribution in [3.8, 4) is 11.3 Å². The van der Waals surface area contributed by atoms with E-state index in [1.54, 1.807) is 18.5 Å². The maximum atomic E-state index is 12.0. The van der Waals surface area contributed by atoms with Crippen molar-refractivity contribution in [2.24, 2.45) is 0 Å². The highest BCUT2D eigenvalue weighted by molar-refractivity contribution is 6.02. The van der Waals surface area contributed by atoms with Gasteiger partial charge in [-0.1, -0.05) is 0 Å². The van der Waals surface area contributed by atoms with Gasteiger partial charge in [-0.25, -0.2) is 15.0 Å². The molecule has 1 saturated heterocycles. The molecular formula is C19H23N7O3. The minimum Gasteiger partial charge on any atom is -0.389 e. The highest BCUT2D eigenvalue weighted by Gasteiger charge is 2.33. The molecule has 0 bridgehead atoms. The lowest BCUT2D eigenvalue weighted by Gasteiger charge is -2.20. The molecule has 1 aliphatic rings. The van der Waals surface area contributed by atoms with Crippen LogP contribution >= 0.6 is 0 Å². The number of β-amino-alcohol motifs (C(OH)–C–C–N with tert-alkyl or cyclic N) is 1. The number of amides is 1. The summed E-state index contributed by atoms with van der Waals surface area (Å²) in [5.74, 6) is -0.0487. The molecule has 10 nitrogen and oxygen atoms in total. The van der Waals surface area contributed by atoms with E-state index >= 15 is 0 Å². The predicted octanol–water partition coefficient (Wildman–Crippen LogP) is 0.304. The van der Waals surface area contributed by atoms with Gasteiger partial charge in [0.15, 0.2) is 0 Å². The summed E-state index contributed by atoms with van der Waals surface area (Å²) in [6, 6.07) is 3.29. The van der Waals surface area contributed by atoms with Crippen LogP contribution in [0.3, 0.4) is 0 Å². The SMILES string of the molecule is CCOCC(=O)N[C@@H]1CN(c2ccnc3[nH]cc(-c4ccnc(N)n4)c23)C[C@H]1O. The monoisotopic (exact) mass is 397 g/mol. The Balaban J connectivity index is 1.63. The first-order valence-electron chi connectivity index (χ1n) is 9.42. The minimum absolute atomic E-state index is 0.0175. The molecule has 3 aromatic heterocycles. The smallest absolute Gasteiger partial charge is 0.246 e. The third-order valence-corrected chi connectivity index (χ3v) is 4.92. The van der Waals surface area contributed by atoms with E-state index < -0.39 is 6.10 Å². The van der Waals surface area contributed by atoms with E-state index in [1.165, 1.54) is 0 Å². The average Bonchev–Trinajstić information content (AvgIpc) is 3.30. The van der Waals surface area contributed by atoms with Gasteiger partial charge in [0, 0.05) is 43.9 Å². The Morgan fingerprint density at radius 1 is 1.38 bits per heavy atom. The van der Waals surface area contributed by atoms with Crippen molar-refractivity contribution < 1.29 is 14.6 Å². The van der Waals surface area contributed by atoms with Gasteiger partial charge >= 0.3 is 0 Å². The number of nitrogens with one attached hydrogen (secondary N) is 2. The van der Waals surface area contributed by atoms with Crippen molar-refractivity contribution in [1.29, 1.82) is 0 Å². The number of hydrogen-bond donors (Lipinski definition) is 4. The molecule has 1 aliphatic heterocycles. The van der Waals surface area contributed by atoms with E-state index in [4.69, 9.17) is 10.5 Å². The summed E-state index contributed by atoms with van der Waals surface area (Å²) in [5, 5.41) is 14.2. The number of rotatable bonds is 6. The number of pyridine rings is 1. The number of carbonyl (C=O) groups excluding carboxylic acids is 1. The van der Waals surface area contributed by atoms with Crippen LogP contribution < -0.4 is 16.0 Å². The number of anilines is 2. The van der Waals surface area contributed by atoms with E-state index in [0.717, 1.165) is 16.6 Å². The quantitative estimate of drug-likeness (QED) is 0.465. The van der Waals surface area contributed by atoms with Crippen molar-refractivity contribution in [2.45, 2.75) is 19.1 Å². The maximum Gasteiger partial charge on any atom is 0.246 e. The summed E-state index contributed by atoms with van der Waals surface area (Å²) in [5.41, 5.74) is 8.86. The average molecular weight is 397 g/mol. The maximum absolute atomic E-state index is 12.0. The molecule has 0 saturated carbocycles. The van der Waals surface area contributed by atoms with Crippen molar-refractivity contribution in [1.82, 2.24) is 25.3 Å². The van der Waals surface area contributed by atoms with Crippen molar-refractivity contribution >= 4 is 28.6 Å². The first-order chi connectivity index (χ1) is 14.1. The predicted molar refractivity (Wildman–Crippen MR) is 108 cm³/mol. The van der Waals surface area contributed by atoms with Gasteiger partial charge in [0.2, 0.25) is 11.9 Å². The summed E-state index contributed by atoms with van der Waals surface area (Å²) in [6.45, 7) is 3.12. The van der Waals surface area contributed by atoms with Crippen LogP contribution in [0.2, 0.25) is 0 Å². The van der Waals surface area contributed by atoms with Crippen LogP contribution in [-0.2, 0) is 9.53 Å². The molecule has 10 heteroatoms. The summed E-state index contributed by atoms with van der Waals surface area (Å²) < 4.78 is 5.13. The Bertz CT molecular complexity index is 1020. The molecule has 4 rings (SSSR count). The fourth-order valence-corrected chi connectivity index (χ4v) is 3.60. The van der Waals surface area contributed by atoms with Gasteiger partial charge < -0.3 is 30.8 Å². The number of nitrogens with zero attached hydrogens (tertiary/aromatic N) is 4. The van der Waals surface area contributed by atoms with E-state index in [-0.39, 0.29) is 24.5 Å². The summed E-state index contributed by atoms with van der Waals surface area (Å²) >= 11 is 0. The van der Waals surface area contributed by atoms with Crippen LogP contribution in [-0.4, -0.2) is 69.4 Å². The summed E-state index contributed by atoms with van der Waals surface area (Å²) in [4.78, 5) is 29.8. The van der Waals surface area contributed by atoms with Crippen LogP contribution in [0.15, 0.2) is 30.7 Å². The zero-order valence-electron chi connectivity index (χ0n) is 16.0. The number of aliphatic hydroxyl groups excluding tert-OH is 1. The Labute approximate surface area is 167 Å². The van der Waals surface area contributed by atoms with Crippen LogP contribution in [0, 0.1) is 0 Å². The molecule has 0 unspecified atom stereocenters. The molecule has 1 fully saturated rings. The number of aliphatic hydroxyl groups is 1. The molecule has 1 amide bonds. The van der Waals surface area contributed by atoms with Crippen molar-refractivity contribution in [2.75, 3.05) is 36.9 Å². The number of H-pyrrole nitrogens is 1. The zero-order chi connectivity index (χ0) is 20.4. The normalized spacial score (nSPS) is 19.0. The lowest BCUT2D eigenvalue weighted by molar-refractivity contribution is -0.126. The number of nitrogens with two attached hydrogens (primary N) is 1. The van der Waals surface area contributed by atoms with Crippen molar-refractivity contribution in [3.05, 3.63) is 30.7 Å². The number of hydrogen-bond acceptors (Lipinski definition) is 8. The van der Waals surface area contributed by atoms with Gasteiger partial charge in [-0.2, -0.15) is 0 Å². The Kier molecular flexibility index (Phi) is 5.28. The second-order valence-corrected chi connectivity index (χ2v) is 6.84. The largest absolute Gasteiger partial charge is 0.389 e.